The van der Waals surface area contributed by atoms with Crippen LogP contribution < -0.4 is 5.73 Å². The molecule has 0 aliphatic heterocycles. The van der Waals surface area contributed by atoms with Gasteiger partial charge < -0.3 is 19.0 Å². The molecule has 33 heavy (non-hydrogen) atoms. The normalized spacial score (nSPS) is 12.0. The van der Waals surface area contributed by atoms with E-state index in [-0.39, 0.29) is 0 Å². The summed E-state index contributed by atoms with van der Waals surface area (Å²) in [7, 11) is -2.41. The van der Waals surface area contributed by atoms with Crippen LogP contribution in [0.3, 0.4) is 0 Å². The highest BCUT2D eigenvalue weighted by Gasteiger charge is 2.39. The largest absolute Gasteiger partial charge is 0.500 e. The Morgan fingerprint density at radius 3 is 0.879 bits per heavy atom. The Bertz CT molecular complexity index is 354. The zero-order valence-corrected chi connectivity index (χ0v) is 24.0. The third-order valence-corrected chi connectivity index (χ3v) is 9.68. The average Bonchev–Trinajstić information content (AvgIpc) is 2.80. The van der Waals surface area contributed by atoms with E-state index in [0.717, 1.165) is 12.6 Å². The number of nitrogens with two attached hydrogens (primary N) is 1. The van der Waals surface area contributed by atoms with Crippen LogP contribution in [0.5, 0.6) is 0 Å². The molecule has 0 fully saturated rings. The lowest BCUT2D eigenvalue weighted by Gasteiger charge is -2.28. The molecule has 0 spiro atoms. The first-order valence-electron chi connectivity index (χ1n) is 14.9. The van der Waals surface area contributed by atoms with Gasteiger partial charge in [0, 0.05) is 25.9 Å². The molecule has 0 bridgehead atoms. The Morgan fingerprint density at radius 1 is 0.394 bits per heavy atom. The maximum atomic E-state index is 5.95. The first-order chi connectivity index (χ1) is 16.2. The second-order valence-electron chi connectivity index (χ2n) is 9.59. The third kappa shape index (κ3) is 22.3. The summed E-state index contributed by atoms with van der Waals surface area (Å²) < 4.78 is 17.8. The minimum Gasteiger partial charge on any atom is -0.374 e. The molecule has 0 amide bonds. The first-order valence-corrected chi connectivity index (χ1v) is 16.8. The van der Waals surface area contributed by atoms with Crippen LogP contribution in [0.2, 0.25) is 6.04 Å². The zero-order chi connectivity index (χ0) is 24.3. The van der Waals surface area contributed by atoms with Crippen molar-refractivity contribution in [3.05, 3.63) is 0 Å². The molecule has 0 aromatic heterocycles. The fourth-order valence-corrected chi connectivity index (χ4v) is 7.35. The van der Waals surface area contributed by atoms with E-state index in [9.17, 15) is 0 Å². The highest BCUT2D eigenvalue weighted by Crippen LogP contribution is 2.21. The van der Waals surface area contributed by atoms with Gasteiger partial charge in [0.15, 0.2) is 0 Å². The topological polar surface area (TPSA) is 53.7 Å². The molecule has 0 aliphatic carbocycles. The van der Waals surface area contributed by atoms with Crippen molar-refractivity contribution in [1.29, 1.82) is 0 Å². The van der Waals surface area contributed by atoms with Gasteiger partial charge in [0.05, 0.1) is 0 Å². The van der Waals surface area contributed by atoms with Gasteiger partial charge >= 0.3 is 8.80 Å². The summed E-state index contributed by atoms with van der Waals surface area (Å²) in [6.45, 7) is 9.02. The minimum atomic E-state index is -2.41. The molecule has 0 radical (unpaired) electrons. The van der Waals surface area contributed by atoms with Gasteiger partial charge in [0.25, 0.3) is 0 Å². The Hall–Kier alpha value is 0.0569. The molecule has 0 saturated heterocycles. The fourth-order valence-electron chi connectivity index (χ4n) is 4.67. The molecule has 0 atom stereocenters. The van der Waals surface area contributed by atoms with Crippen LogP contribution in [0.1, 0.15) is 149 Å². The Morgan fingerprint density at radius 2 is 0.636 bits per heavy atom. The predicted octanol–water partition coefficient (Wildman–Crippen LogP) is 8.80. The van der Waals surface area contributed by atoms with Gasteiger partial charge in [-0.05, 0) is 40.2 Å². The van der Waals surface area contributed by atoms with E-state index in [4.69, 9.17) is 19.0 Å². The van der Waals surface area contributed by atoms with Gasteiger partial charge in [-0.2, -0.15) is 0 Å². The third-order valence-electron chi connectivity index (χ3n) is 6.53. The van der Waals surface area contributed by atoms with E-state index in [1.54, 1.807) is 0 Å². The highest BCUT2D eigenvalue weighted by molar-refractivity contribution is 6.60. The number of unbranched alkanes of at least 4 members (excludes halogenated alkanes) is 19. The van der Waals surface area contributed by atoms with Crippen molar-refractivity contribution in [2.24, 2.45) is 5.73 Å². The van der Waals surface area contributed by atoms with Gasteiger partial charge in [-0.1, -0.05) is 116 Å². The van der Waals surface area contributed by atoms with Crippen molar-refractivity contribution in [3.8, 4) is 0 Å². The molecule has 0 aromatic rings. The SMILES string of the molecule is CCO[Si](CCCCCCCCCCCCCCCCCCCCCCN)(OCC)OCC. The second kappa shape index (κ2) is 26.7. The van der Waals surface area contributed by atoms with Crippen LogP contribution in [0.25, 0.3) is 0 Å². The number of hydrogen-bond acceptors (Lipinski definition) is 4. The molecule has 0 unspecified atom stereocenters. The lowest BCUT2D eigenvalue weighted by Crippen LogP contribution is -2.45. The lowest BCUT2D eigenvalue weighted by molar-refractivity contribution is 0.0706. The molecule has 0 heterocycles. The van der Waals surface area contributed by atoms with Crippen molar-refractivity contribution in [2.75, 3.05) is 26.4 Å². The van der Waals surface area contributed by atoms with Crippen LogP contribution in [0.15, 0.2) is 0 Å². The quantitative estimate of drug-likeness (QED) is 0.0884. The second-order valence-corrected chi connectivity index (χ2v) is 12.3. The monoisotopic (exact) mass is 487 g/mol. The van der Waals surface area contributed by atoms with E-state index in [2.05, 4.69) is 0 Å². The van der Waals surface area contributed by atoms with Gasteiger partial charge in [0.1, 0.15) is 0 Å². The molecule has 200 valence electrons. The van der Waals surface area contributed by atoms with Crippen LogP contribution in [-0.4, -0.2) is 35.2 Å². The van der Waals surface area contributed by atoms with E-state index >= 15 is 0 Å². The van der Waals surface area contributed by atoms with Crippen LogP contribution in [-0.2, 0) is 13.3 Å². The average molecular weight is 488 g/mol. The number of hydrogen-bond donors (Lipinski definition) is 1. The van der Waals surface area contributed by atoms with Crippen molar-refractivity contribution in [3.63, 3.8) is 0 Å². The minimum absolute atomic E-state index is 0.683. The predicted molar refractivity (Wildman–Crippen MR) is 147 cm³/mol. The van der Waals surface area contributed by atoms with Gasteiger partial charge in [-0.3, -0.25) is 0 Å². The summed E-state index contributed by atoms with van der Waals surface area (Å²) >= 11 is 0. The van der Waals surface area contributed by atoms with Crippen LogP contribution in [0.4, 0.5) is 0 Å². The van der Waals surface area contributed by atoms with E-state index < -0.39 is 8.80 Å². The molecule has 0 aromatic carbocycles. The van der Waals surface area contributed by atoms with E-state index in [1.807, 2.05) is 20.8 Å². The Labute approximate surface area is 209 Å². The van der Waals surface area contributed by atoms with Gasteiger partial charge in [0.2, 0.25) is 0 Å². The van der Waals surface area contributed by atoms with Crippen LogP contribution >= 0.6 is 0 Å². The molecule has 4 nitrogen and oxygen atoms in total. The Balaban J connectivity index is 3.35. The van der Waals surface area contributed by atoms with Crippen molar-refractivity contribution >= 4 is 8.80 Å². The molecule has 2 N–H and O–H groups in total. The van der Waals surface area contributed by atoms with Gasteiger partial charge in [-0.15, -0.1) is 0 Å². The molecule has 5 heteroatoms. The summed E-state index contributed by atoms with van der Waals surface area (Å²) in [5, 5.41) is 0. The summed E-state index contributed by atoms with van der Waals surface area (Å²) in [6.07, 6.45) is 27.7. The maximum absolute atomic E-state index is 5.95. The molecular formula is C28H61NO3Si. The summed E-state index contributed by atoms with van der Waals surface area (Å²) in [5.41, 5.74) is 5.53. The van der Waals surface area contributed by atoms with Gasteiger partial charge in [-0.25, -0.2) is 0 Å². The molecule has 0 saturated carbocycles. The highest BCUT2D eigenvalue weighted by atomic mass is 28.4. The molecule has 0 rings (SSSR count). The van der Waals surface area contributed by atoms with Crippen molar-refractivity contribution in [1.82, 2.24) is 0 Å². The summed E-state index contributed by atoms with van der Waals surface area (Å²) in [4.78, 5) is 0. The van der Waals surface area contributed by atoms with Crippen LogP contribution in [0, 0.1) is 0 Å². The number of rotatable bonds is 28. The van der Waals surface area contributed by atoms with Crippen molar-refractivity contribution in [2.45, 2.75) is 155 Å². The maximum Gasteiger partial charge on any atom is 0.500 e. The van der Waals surface area contributed by atoms with Crippen molar-refractivity contribution < 1.29 is 13.3 Å². The lowest BCUT2D eigenvalue weighted by atomic mass is 10.0. The Kier molecular flexibility index (Phi) is 26.7. The molecule has 0 aliphatic rings. The first kappa shape index (κ1) is 33.1. The summed E-state index contributed by atoms with van der Waals surface area (Å²) in [5.74, 6) is 0. The van der Waals surface area contributed by atoms with E-state index in [1.165, 1.54) is 128 Å². The fraction of sp³-hybridized carbons (Fsp3) is 1.00. The zero-order valence-electron chi connectivity index (χ0n) is 23.0. The van der Waals surface area contributed by atoms with E-state index in [0.29, 0.717) is 19.8 Å². The summed E-state index contributed by atoms with van der Waals surface area (Å²) in [6, 6.07) is 0.970. The standard InChI is InChI=1S/C28H61NO3Si/c1-4-30-33(31-5-2,32-6-3)28-26-24-22-20-18-16-14-12-10-8-7-9-11-13-15-17-19-21-23-25-27-29/h4-29H2,1-3H3. The molecular weight excluding hydrogens is 426 g/mol. The smallest absolute Gasteiger partial charge is 0.374 e.